The summed E-state index contributed by atoms with van der Waals surface area (Å²) in [4.78, 5) is 26.8. The lowest BCUT2D eigenvalue weighted by Gasteiger charge is -2.36. The molecule has 0 atom stereocenters. The van der Waals surface area contributed by atoms with Gasteiger partial charge in [-0.1, -0.05) is 18.2 Å². The minimum Gasteiger partial charge on any atom is -0.369 e. The molecule has 27 heavy (non-hydrogen) atoms. The standard InChI is InChI=1S/C20H26N4O3/c1-20(2,27-3)19(26)23-13-10-16(11-14-23)24-17(9-12-21-24)22-18(25)15-7-5-4-6-8-15/h4-9,12,16H,10-11,13-14H2,1-3H3,(H,22,25). The second-order valence-corrected chi connectivity index (χ2v) is 7.22. The van der Waals surface area contributed by atoms with Crippen molar-refractivity contribution in [3.8, 4) is 0 Å². The second-order valence-electron chi connectivity index (χ2n) is 7.22. The number of methoxy groups -OCH3 is 1. The third-order valence-corrected chi connectivity index (χ3v) is 5.07. The van der Waals surface area contributed by atoms with Crippen molar-refractivity contribution in [3.05, 3.63) is 48.2 Å². The Morgan fingerprint density at radius 3 is 2.44 bits per heavy atom. The van der Waals surface area contributed by atoms with Crippen LogP contribution < -0.4 is 5.32 Å². The number of carbonyl (C=O) groups is 2. The summed E-state index contributed by atoms with van der Waals surface area (Å²) in [6, 6.07) is 11.0. The van der Waals surface area contributed by atoms with E-state index in [0.717, 1.165) is 12.8 Å². The highest BCUT2D eigenvalue weighted by atomic mass is 16.5. The van der Waals surface area contributed by atoms with E-state index < -0.39 is 5.60 Å². The minimum absolute atomic E-state index is 0.00141. The van der Waals surface area contributed by atoms with Crippen molar-refractivity contribution in [1.82, 2.24) is 14.7 Å². The van der Waals surface area contributed by atoms with Gasteiger partial charge in [0.25, 0.3) is 11.8 Å². The fourth-order valence-electron chi connectivity index (χ4n) is 3.26. The molecule has 1 aliphatic rings. The number of likely N-dealkylation sites (tertiary alicyclic amines) is 1. The molecule has 1 aromatic carbocycles. The molecule has 1 aliphatic heterocycles. The van der Waals surface area contributed by atoms with Gasteiger partial charge in [-0.2, -0.15) is 5.10 Å². The summed E-state index contributed by atoms with van der Waals surface area (Å²) in [5.74, 6) is 0.513. The van der Waals surface area contributed by atoms with Crippen LogP contribution in [0, 0.1) is 0 Å². The molecule has 0 radical (unpaired) electrons. The van der Waals surface area contributed by atoms with Gasteiger partial charge in [0.05, 0.1) is 12.2 Å². The molecule has 0 aliphatic carbocycles. The maximum atomic E-state index is 12.5. The zero-order valence-corrected chi connectivity index (χ0v) is 16.0. The normalized spacial score (nSPS) is 15.6. The number of hydrogen-bond donors (Lipinski definition) is 1. The first-order valence-corrected chi connectivity index (χ1v) is 9.17. The monoisotopic (exact) mass is 370 g/mol. The van der Waals surface area contributed by atoms with Crippen molar-refractivity contribution in [2.75, 3.05) is 25.5 Å². The summed E-state index contributed by atoms with van der Waals surface area (Å²) in [5.41, 5.74) is -0.208. The van der Waals surface area contributed by atoms with E-state index in [1.807, 2.05) is 27.8 Å². The summed E-state index contributed by atoms with van der Waals surface area (Å²) in [6.07, 6.45) is 3.25. The number of nitrogens with one attached hydrogen (secondary N) is 1. The first-order valence-electron chi connectivity index (χ1n) is 9.17. The van der Waals surface area contributed by atoms with Gasteiger partial charge in [0.1, 0.15) is 11.4 Å². The molecule has 1 saturated heterocycles. The summed E-state index contributed by atoms with van der Waals surface area (Å²) >= 11 is 0. The number of rotatable bonds is 5. The third kappa shape index (κ3) is 4.19. The Kier molecular flexibility index (Phi) is 5.60. The van der Waals surface area contributed by atoms with Crippen molar-refractivity contribution < 1.29 is 14.3 Å². The van der Waals surface area contributed by atoms with E-state index in [-0.39, 0.29) is 17.9 Å². The number of aromatic nitrogens is 2. The molecule has 1 fully saturated rings. The van der Waals surface area contributed by atoms with E-state index in [1.165, 1.54) is 0 Å². The van der Waals surface area contributed by atoms with E-state index in [2.05, 4.69) is 10.4 Å². The van der Waals surface area contributed by atoms with Gasteiger partial charge >= 0.3 is 0 Å². The van der Waals surface area contributed by atoms with Gasteiger partial charge in [0, 0.05) is 31.8 Å². The first-order chi connectivity index (χ1) is 12.9. The highest BCUT2D eigenvalue weighted by Gasteiger charge is 2.34. The molecule has 0 unspecified atom stereocenters. The number of amides is 2. The Balaban J connectivity index is 1.64. The van der Waals surface area contributed by atoms with Crippen molar-refractivity contribution >= 4 is 17.6 Å². The Bertz CT molecular complexity index is 793. The van der Waals surface area contributed by atoms with Crippen LogP contribution in [0.3, 0.4) is 0 Å². The third-order valence-electron chi connectivity index (χ3n) is 5.07. The number of hydrogen-bond acceptors (Lipinski definition) is 4. The van der Waals surface area contributed by atoms with Crippen LogP contribution in [0.4, 0.5) is 5.82 Å². The molecule has 0 saturated carbocycles. The van der Waals surface area contributed by atoms with Crippen LogP contribution in [0.15, 0.2) is 42.6 Å². The molecule has 144 valence electrons. The van der Waals surface area contributed by atoms with Gasteiger partial charge < -0.3 is 15.0 Å². The summed E-state index contributed by atoms with van der Waals surface area (Å²) < 4.78 is 7.15. The summed E-state index contributed by atoms with van der Waals surface area (Å²) in [5, 5.41) is 7.33. The van der Waals surface area contributed by atoms with Gasteiger partial charge in [0.2, 0.25) is 0 Å². The van der Waals surface area contributed by atoms with Crippen molar-refractivity contribution in [3.63, 3.8) is 0 Å². The molecule has 7 heteroatoms. The molecular weight excluding hydrogens is 344 g/mol. The highest BCUT2D eigenvalue weighted by Crippen LogP contribution is 2.27. The van der Waals surface area contributed by atoms with Gasteiger partial charge in [-0.05, 0) is 38.8 Å². The molecule has 7 nitrogen and oxygen atoms in total. The summed E-state index contributed by atoms with van der Waals surface area (Å²) in [7, 11) is 1.55. The van der Waals surface area contributed by atoms with Gasteiger partial charge in [-0.3, -0.25) is 9.59 Å². The van der Waals surface area contributed by atoms with Gasteiger partial charge in [-0.25, -0.2) is 4.68 Å². The SMILES string of the molecule is COC(C)(C)C(=O)N1CCC(n2nccc2NC(=O)c2ccccc2)CC1. The molecule has 0 spiro atoms. The molecule has 1 aromatic heterocycles. The number of nitrogens with zero attached hydrogens (tertiary/aromatic N) is 3. The number of benzene rings is 1. The quantitative estimate of drug-likeness (QED) is 0.878. The average molecular weight is 370 g/mol. The van der Waals surface area contributed by atoms with E-state index in [0.29, 0.717) is 24.5 Å². The van der Waals surface area contributed by atoms with Crippen LogP contribution in [0.1, 0.15) is 43.1 Å². The predicted octanol–water partition coefficient (Wildman–Crippen LogP) is 2.72. The summed E-state index contributed by atoms with van der Waals surface area (Å²) in [6.45, 7) is 4.85. The molecule has 2 amide bonds. The van der Waals surface area contributed by atoms with Crippen molar-refractivity contribution in [1.29, 1.82) is 0 Å². The zero-order chi connectivity index (χ0) is 19.4. The van der Waals surface area contributed by atoms with Crippen molar-refractivity contribution in [2.45, 2.75) is 38.3 Å². The number of carbonyl (C=O) groups excluding carboxylic acids is 2. The van der Waals surface area contributed by atoms with Crippen LogP contribution in [-0.2, 0) is 9.53 Å². The van der Waals surface area contributed by atoms with Crippen LogP contribution in [0.5, 0.6) is 0 Å². The zero-order valence-electron chi connectivity index (χ0n) is 16.0. The molecule has 3 rings (SSSR count). The maximum Gasteiger partial charge on any atom is 0.256 e. The first kappa shape index (κ1) is 19.1. The number of anilines is 1. The van der Waals surface area contributed by atoms with E-state index >= 15 is 0 Å². The smallest absolute Gasteiger partial charge is 0.256 e. The maximum absolute atomic E-state index is 12.5. The Morgan fingerprint density at radius 1 is 1.15 bits per heavy atom. The average Bonchev–Trinajstić information content (AvgIpc) is 3.16. The number of ether oxygens (including phenoxy) is 1. The lowest BCUT2D eigenvalue weighted by molar-refractivity contribution is -0.152. The topological polar surface area (TPSA) is 76.5 Å². The van der Waals surface area contributed by atoms with Crippen molar-refractivity contribution in [2.24, 2.45) is 0 Å². The highest BCUT2D eigenvalue weighted by molar-refractivity contribution is 6.03. The van der Waals surface area contributed by atoms with Crippen LogP contribution in [-0.4, -0.2) is 52.3 Å². The Labute approximate surface area is 159 Å². The Hall–Kier alpha value is -2.67. The predicted molar refractivity (Wildman–Crippen MR) is 103 cm³/mol. The van der Waals surface area contributed by atoms with Crippen LogP contribution in [0.2, 0.25) is 0 Å². The lowest BCUT2D eigenvalue weighted by atomic mass is 10.0. The molecule has 2 heterocycles. The second kappa shape index (κ2) is 7.92. The molecule has 1 N–H and O–H groups in total. The molecule has 2 aromatic rings. The largest absolute Gasteiger partial charge is 0.369 e. The Morgan fingerprint density at radius 2 is 1.81 bits per heavy atom. The van der Waals surface area contributed by atoms with Crippen LogP contribution in [0.25, 0.3) is 0 Å². The lowest BCUT2D eigenvalue weighted by Crippen LogP contribution is -2.49. The fraction of sp³-hybridized carbons (Fsp3) is 0.450. The number of piperidine rings is 1. The van der Waals surface area contributed by atoms with E-state index in [4.69, 9.17) is 4.74 Å². The van der Waals surface area contributed by atoms with Gasteiger partial charge in [-0.15, -0.1) is 0 Å². The van der Waals surface area contributed by atoms with E-state index in [9.17, 15) is 9.59 Å². The van der Waals surface area contributed by atoms with E-state index in [1.54, 1.807) is 45.4 Å². The molecular formula is C20H26N4O3. The van der Waals surface area contributed by atoms with Crippen LogP contribution >= 0.6 is 0 Å². The molecule has 0 bridgehead atoms. The van der Waals surface area contributed by atoms with Gasteiger partial charge in [0.15, 0.2) is 0 Å². The minimum atomic E-state index is -0.812. The fourth-order valence-corrected chi connectivity index (χ4v) is 3.26.